The number of fused-ring (bicyclic) bond motifs is 1. The molecule has 0 bridgehead atoms. The normalized spacial score (nSPS) is 41.0. The maximum atomic E-state index is 2.48. The number of hydrogen-bond acceptors (Lipinski definition) is 0. The van der Waals surface area contributed by atoms with Crippen molar-refractivity contribution >= 4 is 0 Å². The maximum Gasteiger partial charge on any atom is -0.0355 e. The van der Waals surface area contributed by atoms with Gasteiger partial charge in [-0.2, -0.15) is 0 Å². The molecule has 0 heteroatoms. The Labute approximate surface area is 172 Å². The summed E-state index contributed by atoms with van der Waals surface area (Å²) in [6.07, 6.45) is 13.4. The molecule has 0 aromatic rings. The summed E-state index contributed by atoms with van der Waals surface area (Å²) >= 11 is 0. The summed E-state index contributed by atoms with van der Waals surface area (Å²) in [5, 5.41) is 0. The highest BCUT2D eigenvalue weighted by atomic mass is 14.5. The van der Waals surface area contributed by atoms with Crippen molar-refractivity contribution in [1.29, 1.82) is 0 Å². The van der Waals surface area contributed by atoms with Crippen LogP contribution >= 0.6 is 0 Å². The minimum atomic E-state index is 0.878. The van der Waals surface area contributed by atoms with Crippen LogP contribution in [0.15, 0.2) is 0 Å². The van der Waals surface area contributed by atoms with Gasteiger partial charge < -0.3 is 0 Å². The van der Waals surface area contributed by atoms with Crippen LogP contribution in [0.1, 0.15) is 113 Å². The van der Waals surface area contributed by atoms with Crippen molar-refractivity contribution in [2.24, 2.45) is 59.2 Å². The predicted molar refractivity (Wildman–Crippen MR) is 122 cm³/mol. The van der Waals surface area contributed by atoms with Crippen LogP contribution in [-0.2, 0) is 0 Å². The van der Waals surface area contributed by atoms with Gasteiger partial charge in [0.2, 0.25) is 0 Å². The molecule has 0 aliphatic heterocycles. The van der Waals surface area contributed by atoms with Gasteiger partial charge in [0.25, 0.3) is 0 Å². The fraction of sp³-hybridized carbons (Fsp3) is 1.00. The molecule has 0 spiro atoms. The first-order valence-corrected chi connectivity index (χ1v) is 12.8. The fourth-order valence-corrected chi connectivity index (χ4v) is 7.52. The average Bonchev–Trinajstić information content (AvgIpc) is 3.17. The Kier molecular flexibility index (Phi) is 9.21. The van der Waals surface area contributed by atoms with Crippen molar-refractivity contribution in [3.05, 3.63) is 0 Å². The van der Waals surface area contributed by atoms with Crippen molar-refractivity contribution < 1.29 is 0 Å². The molecule has 0 N–H and O–H groups in total. The quantitative estimate of drug-likeness (QED) is 0.449. The SMILES string of the molecule is CCC(C(C)C)C1CC(C)CC1C.CCC(C)C1CCC2CC(C)CCC21. The molecule has 0 aromatic carbocycles. The monoisotopic (exact) mass is 376 g/mol. The lowest BCUT2D eigenvalue weighted by atomic mass is 9.71. The lowest BCUT2D eigenvalue weighted by Crippen LogP contribution is -2.26. The second kappa shape index (κ2) is 10.7. The van der Waals surface area contributed by atoms with Crippen LogP contribution in [-0.4, -0.2) is 0 Å². The molecule has 0 aromatic heterocycles. The average molecular weight is 377 g/mol. The van der Waals surface area contributed by atoms with E-state index in [1.54, 1.807) is 12.8 Å². The van der Waals surface area contributed by atoms with Crippen LogP contribution < -0.4 is 0 Å². The molecule has 160 valence electrons. The molecule has 0 heterocycles. The van der Waals surface area contributed by atoms with Crippen molar-refractivity contribution in [2.45, 2.75) is 113 Å². The van der Waals surface area contributed by atoms with Crippen LogP contribution in [0.5, 0.6) is 0 Å². The summed E-state index contributed by atoms with van der Waals surface area (Å²) < 4.78 is 0. The molecule has 3 aliphatic carbocycles. The summed E-state index contributed by atoms with van der Waals surface area (Å²) in [6.45, 7) is 19.3. The van der Waals surface area contributed by atoms with Crippen LogP contribution in [0.2, 0.25) is 0 Å². The van der Waals surface area contributed by atoms with Gasteiger partial charge in [-0.3, -0.25) is 0 Å². The van der Waals surface area contributed by atoms with Crippen molar-refractivity contribution in [2.75, 3.05) is 0 Å². The summed E-state index contributed by atoms with van der Waals surface area (Å²) in [7, 11) is 0. The minimum Gasteiger partial charge on any atom is -0.0651 e. The Morgan fingerprint density at radius 2 is 1.41 bits per heavy atom. The van der Waals surface area contributed by atoms with Gasteiger partial charge in [0.1, 0.15) is 0 Å². The highest BCUT2D eigenvalue weighted by Crippen LogP contribution is 2.50. The summed E-state index contributed by atoms with van der Waals surface area (Å²) in [5.41, 5.74) is 0. The predicted octanol–water partition coefficient (Wildman–Crippen LogP) is 8.85. The molecule has 9 unspecified atom stereocenters. The molecule has 27 heavy (non-hydrogen) atoms. The summed E-state index contributed by atoms with van der Waals surface area (Å²) in [5.74, 6) is 10.1. The summed E-state index contributed by atoms with van der Waals surface area (Å²) in [4.78, 5) is 0. The van der Waals surface area contributed by atoms with Gasteiger partial charge in [0, 0.05) is 0 Å². The number of rotatable bonds is 5. The first-order chi connectivity index (χ1) is 12.8. The zero-order valence-electron chi connectivity index (χ0n) is 20.1. The molecule has 0 nitrogen and oxygen atoms in total. The van der Waals surface area contributed by atoms with E-state index in [2.05, 4.69) is 55.4 Å². The fourth-order valence-electron chi connectivity index (χ4n) is 7.52. The molecular formula is C27H52. The van der Waals surface area contributed by atoms with Crippen molar-refractivity contribution in [3.8, 4) is 0 Å². The van der Waals surface area contributed by atoms with E-state index in [-0.39, 0.29) is 0 Å². The Hall–Kier alpha value is 0. The third kappa shape index (κ3) is 5.99. The highest BCUT2D eigenvalue weighted by Gasteiger charge is 2.40. The Balaban J connectivity index is 0.000000194. The second-order valence-electron chi connectivity index (χ2n) is 11.5. The van der Waals surface area contributed by atoms with Crippen molar-refractivity contribution in [1.82, 2.24) is 0 Å². The Bertz CT molecular complexity index is 410. The largest absolute Gasteiger partial charge is 0.0651 e. The smallest absolute Gasteiger partial charge is 0.0355 e. The lowest BCUT2D eigenvalue weighted by Gasteiger charge is -2.34. The van der Waals surface area contributed by atoms with E-state index in [1.807, 2.05) is 0 Å². The molecule has 3 rings (SSSR count). The molecule has 0 saturated heterocycles. The second-order valence-corrected chi connectivity index (χ2v) is 11.5. The van der Waals surface area contributed by atoms with E-state index < -0.39 is 0 Å². The zero-order chi connectivity index (χ0) is 20.1. The van der Waals surface area contributed by atoms with Gasteiger partial charge in [-0.15, -0.1) is 0 Å². The van der Waals surface area contributed by atoms with Crippen molar-refractivity contribution in [3.63, 3.8) is 0 Å². The molecule has 0 radical (unpaired) electrons. The molecule has 3 aliphatic rings. The highest BCUT2D eigenvalue weighted by molar-refractivity contribution is 4.90. The molecule has 3 fully saturated rings. The van der Waals surface area contributed by atoms with E-state index in [1.165, 1.54) is 44.9 Å². The first kappa shape index (κ1) is 23.3. The third-order valence-electron chi connectivity index (χ3n) is 9.16. The standard InChI is InChI=1S/C14H26.C13H26/c1-4-11(3)13-8-6-12-9-10(2)5-7-14(12)13;1-6-12(9(2)3)13-8-10(4)7-11(13)5/h10-14H,4-9H2,1-3H3;9-13H,6-8H2,1-5H3. The third-order valence-corrected chi connectivity index (χ3v) is 9.16. The maximum absolute atomic E-state index is 2.48. The van der Waals surface area contributed by atoms with E-state index in [0.717, 1.165) is 59.2 Å². The van der Waals surface area contributed by atoms with Gasteiger partial charge in [0.15, 0.2) is 0 Å². The van der Waals surface area contributed by atoms with E-state index in [0.29, 0.717) is 0 Å². The zero-order valence-corrected chi connectivity index (χ0v) is 20.1. The molecule has 9 atom stereocenters. The molecular weight excluding hydrogens is 324 g/mol. The Morgan fingerprint density at radius 1 is 0.704 bits per heavy atom. The van der Waals surface area contributed by atoms with Crippen LogP contribution in [0.3, 0.4) is 0 Å². The van der Waals surface area contributed by atoms with Gasteiger partial charge in [-0.05, 0) is 97.7 Å². The van der Waals surface area contributed by atoms with E-state index in [4.69, 9.17) is 0 Å². The molecule has 3 saturated carbocycles. The van der Waals surface area contributed by atoms with Gasteiger partial charge in [0.05, 0.1) is 0 Å². The van der Waals surface area contributed by atoms with Gasteiger partial charge >= 0.3 is 0 Å². The minimum absolute atomic E-state index is 0.878. The lowest BCUT2D eigenvalue weighted by molar-refractivity contribution is 0.154. The van der Waals surface area contributed by atoms with Crippen LogP contribution in [0.4, 0.5) is 0 Å². The van der Waals surface area contributed by atoms with Crippen LogP contribution in [0.25, 0.3) is 0 Å². The Morgan fingerprint density at radius 3 is 1.93 bits per heavy atom. The summed E-state index contributed by atoms with van der Waals surface area (Å²) in [6, 6.07) is 0. The van der Waals surface area contributed by atoms with E-state index >= 15 is 0 Å². The van der Waals surface area contributed by atoms with Gasteiger partial charge in [-0.1, -0.05) is 74.7 Å². The number of hydrogen-bond donors (Lipinski definition) is 0. The first-order valence-electron chi connectivity index (χ1n) is 12.8. The van der Waals surface area contributed by atoms with Gasteiger partial charge in [-0.25, -0.2) is 0 Å². The molecule has 0 amide bonds. The topological polar surface area (TPSA) is 0 Å². The van der Waals surface area contributed by atoms with E-state index in [9.17, 15) is 0 Å². The van der Waals surface area contributed by atoms with Crippen LogP contribution in [0, 0.1) is 59.2 Å².